The molecule has 4 nitrogen and oxygen atoms in total. The molecule has 1 N–H and O–H groups in total. The molecular weight excluding hydrogens is 372 g/mol. The fourth-order valence-corrected chi connectivity index (χ4v) is 4.06. The van der Waals surface area contributed by atoms with Crippen molar-refractivity contribution in [2.75, 3.05) is 0 Å². The summed E-state index contributed by atoms with van der Waals surface area (Å²) in [6.45, 7) is 2.93. The summed E-state index contributed by atoms with van der Waals surface area (Å²) in [5.41, 5.74) is 6.80. The van der Waals surface area contributed by atoms with Crippen molar-refractivity contribution < 1.29 is 9.90 Å². The molecule has 0 aliphatic heterocycles. The first kappa shape index (κ1) is 18.6. The Kier molecular flexibility index (Phi) is 4.62. The van der Waals surface area contributed by atoms with E-state index in [9.17, 15) is 9.90 Å². The predicted octanol–water partition coefficient (Wildman–Crippen LogP) is 5.56. The first-order valence-electron chi connectivity index (χ1n) is 10.4. The van der Waals surface area contributed by atoms with E-state index in [1.54, 1.807) is 0 Å². The lowest BCUT2D eigenvalue weighted by molar-refractivity contribution is 0.0695. The molecule has 1 aliphatic rings. The number of hydrogen-bond acceptors (Lipinski definition) is 2. The lowest BCUT2D eigenvalue weighted by Gasteiger charge is -2.09. The van der Waals surface area contributed by atoms with Gasteiger partial charge in [0, 0.05) is 30.9 Å². The van der Waals surface area contributed by atoms with Crippen LogP contribution in [-0.4, -0.2) is 20.6 Å². The number of hydrogen-bond donors (Lipinski definition) is 1. The molecule has 2 aromatic carbocycles. The highest BCUT2D eigenvalue weighted by Crippen LogP contribution is 2.40. The third-order valence-corrected chi connectivity index (χ3v) is 5.95. The Labute approximate surface area is 175 Å². The summed E-state index contributed by atoms with van der Waals surface area (Å²) in [4.78, 5) is 16.3. The summed E-state index contributed by atoms with van der Waals surface area (Å²) >= 11 is 0. The highest BCUT2D eigenvalue weighted by atomic mass is 16.4. The minimum atomic E-state index is -0.898. The van der Waals surface area contributed by atoms with Crippen LogP contribution in [0.3, 0.4) is 0 Å². The Morgan fingerprint density at radius 2 is 1.83 bits per heavy atom. The van der Waals surface area contributed by atoms with Gasteiger partial charge in [-0.05, 0) is 72.0 Å². The Hall–Kier alpha value is -3.40. The van der Waals surface area contributed by atoms with Crippen LogP contribution in [0.5, 0.6) is 0 Å². The molecule has 0 spiro atoms. The van der Waals surface area contributed by atoms with E-state index in [-0.39, 0.29) is 0 Å². The normalized spacial score (nSPS) is 13.6. The van der Waals surface area contributed by atoms with Crippen LogP contribution in [0.2, 0.25) is 0 Å². The van der Waals surface area contributed by atoms with E-state index in [0.29, 0.717) is 23.6 Å². The molecule has 1 saturated carbocycles. The van der Waals surface area contributed by atoms with E-state index >= 15 is 0 Å². The summed E-state index contributed by atoms with van der Waals surface area (Å²) in [5.74, 6) is -0.403. The molecule has 1 fully saturated rings. The number of carbonyl (C=O) groups is 1. The molecule has 1 aliphatic carbocycles. The van der Waals surface area contributed by atoms with Crippen LogP contribution < -0.4 is 0 Å². The van der Waals surface area contributed by atoms with Crippen molar-refractivity contribution in [1.82, 2.24) is 9.55 Å². The lowest BCUT2D eigenvalue weighted by atomic mass is 10.0. The van der Waals surface area contributed by atoms with Crippen LogP contribution in [0.25, 0.3) is 10.9 Å². The fourth-order valence-electron chi connectivity index (χ4n) is 4.06. The van der Waals surface area contributed by atoms with Gasteiger partial charge in [0.2, 0.25) is 0 Å². The van der Waals surface area contributed by atoms with Crippen LogP contribution in [0.15, 0.2) is 67.0 Å². The highest BCUT2D eigenvalue weighted by molar-refractivity contribution is 5.89. The molecule has 0 unspecified atom stereocenters. The topological polar surface area (TPSA) is 55.1 Å². The van der Waals surface area contributed by atoms with Crippen LogP contribution >= 0.6 is 0 Å². The van der Waals surface area contributed by atoms with Gasteiger partial charge < -0.3 is 9.67 Å². The van der Waals surface area contributed by atoms with Crippen LogP contribution in [0, 0.1) is 6.92 Å². The molecule has 0 amide bonds. The van der Waals surface area contributed by atoms with Crippen molar-refractivity contribution in [2.24, 2.45) is 0 Å². The minimum absolute atomic E-state index is 0.330. The zero-order valence-corrected chi connectivity index (χ0v) is 17.0. The van der Waals surface area contributed by atoms with Crippen molar-refractivity contribution in [1.29, 1.82) is 0 Å². The van der Waals surface area contributed by atoms with Gasteiger partial charge in [-0.1, -0.05) is 35.9 Å². The van der Waals surface area contributed by atoms with Gasteiger partial charge in [0.1, 0.15) is 0 Å². The fraction of sp³-hybridized carbons (Fsp3) is 0.231. The number of aromatic nitrogens is 2. The van der Waals surface area contributed by atoms with Crippen molar-refractivity contribution in [3.63, 3.8) is 0 Å². The number of nitrogens with zero attached hydrogens (tertiary/aromatic N) is 2. The first-order valence-corrected chi connectivity index (χ1v) is 10.4. The number of aryl methyl sites for hydroxylation is 1. The second kappa shape index (κ2) is 7.45. The maximum absolute atomic E-state index is 11.8. The summed E-state index contributed by atoms with van der Waals surface area (Å²) in [6, 6.07) is 18.9. The monoisotopic (exact) mass is 396 g/mol. The second-order valence-corrected chi connectivity index (χ2v) is 8.34. The molecule has 2 heterocycles. The van der Waals surface area contributed by atoms with Gasteiger partial charge in [-0.25, -0.2) is 4.79 Å². The summed E-state index contributed by atoms with van der Waals surface area (Å²) < 4.78 is 2.25. The van der Waals surface area contributed by atoms with Gasteiger partial charge in [0.05, 0.1) is 11.3 Å². The number of carboxylic acid groups (broad SMARTS) is 1. The Morgan fingerprint density at radius 1 is 1.07 bits per heavy atom. The number of carboxylic acids is 1. The van der Waals surface area contributed by atoms with E-state index in [2.05, 4.69) is 71.2 Å². The van der Waals surface area contributed by atoms with E-state index in [0.717, 1.165) is 35.9 Å². The van der Waals surface area contributed by atoms with Gasteiger partial charge in [0.15, 0.2) is 0 Å². The molecule has 5 rings (SSSR count). The summed E-state index contributed by atoms with van der Waals surface area (Å²) in [7, 11) is 0. The zero-order chi connectivity index (χ0) is 20.7. The summed E-state index contributed by atoms with van der Waals surface area (Å²) in [5, 5.41) is 10.8. The number of aromatic carboxylic acids is 1. The van der Waals surface area contributed by atoms with Crippen LogP contribution in [0.1, 0.15) is 57.1 Å². The average Bonchev–Trinajstić information content (AvgIpc) is 3.52. The number of pyridine rings is 1. The van der Waals surface area contributed by atoms with Crippen LogP contribution in [0.4, 0.5) is 0 Å². The maximum Gasteiger partial charge on any atom is 0.337 e. The van der Waals surface area contributed by atoms with E-state index in [1.165, 1.54) is 16.6 Å². The molecule has 0 bridgehead atoms. The third kappa shape index (κ3) is 3.73. The molecular formula is C26H24N2O2. The summed E-state index contributed by atoms with van der Waals surface area (Å²) in [6.07, 6.45) is 6.76. The van der Waals surface area contributed by atoms with Crippen LogP contribution in [-0.2, 0) is 13.0 Å². The third-order valence-electron chi connectivity index (χ3n) is 5.95. The van der Waals surface area contributed by atoms with Gasteiger partial charge in [-0.15, -0.1) is 0 Å². The van der Waals surface area contributed by atoms with Gasteiger partial charge in [-0.2, -0.15) is 0 Å². The molecule has 150 valence electrons. The van der Waals surface area contributed by atoms with E-state index < -0.39 is 5.97 Å². The largest absolute Gasteiger partial charge is 0.478 e. The van der Waals surface area contributed by atoms with Gasteiger partial charge in [0.25, 0.3) is 0 Å². The Balaban J connectivity index is 1.41. The smallest absolute Gasteiger partial charge is 0.337 e. The molecule has 0 atom stereocenters. The zero-order valence-electron chi connectivity index (χ0n) is 17.0. The maximum atomic E-state index is 11.8. The number of rotatable bonds is 6. The predicted molar refractivity (Wildman–Crippen MR) is 118 cm³/mol. The SMILES string of the molecule is Cc1ccc(Cn2ccc3cc(Cc4ncc(C5CC5)cc4C(=O)O)ccc32)cc1. The standard InChI is InChI=1S/C26H24N2O2/c1-17-2-4-18(5-3-17)16-28-11-10-21-12-19(6-9-25(21)28)13-24-23(26(29)30)14-22(15-27-24)20-7-8-20/h2-6,9-12,14-15,20H,7-8,13,16H2,1H3,(H,29,30). The first-order chi connectivity index (χ1) is 14.6. The number of fused-ring (bicyclic) bond motifs is 1. The molecule has 4 heteroatoms. The molecule has 2 aromatic heterocycles. The average molecular weight is 396 g/mol. The Bertz CT molecular complexity index is 1230. The quantitative estimate of drug-likeness (QED) is 0.464. The van der Waals surface area contributed by atoms with Crippen molar-refractivity contribution in [2.45, 2.75) is 38.6 Å². The highest BCUT2D eigenvalue weighted by Gasteiger charge is 2.25. The molecule has 30 heavy (non-hydrogen) atoms. The van der Waals surface area contributed by atoms with Gasteiger partial charge >= 0.3 is 5.97 Å². The van der Waals surface area contributed by atoms with E-state index in [1.807, 2.05) is 12.3 Å². The second-order valence-electron chi connectivity index (χ2n) is 8.34. The van der Waals surface area contributed by atoms with Crippen molar-refractivity contribution in [3.8, 4) is 0 Å². The number of benzene rings is 2. The lowest BCUT2D eigenvalue weighted by Crippen LogP contribution is -2.07. The molecule has 0 radical (unpaired) electrons. The van der Waals surface area contributed by atoms with E-state index in [4.69, 9.17) is 0 Å². The molecule has 4 aromatic rings. The minimum Gasteiger partial charge on any atom is -0.478 e. The Morgan fingerprint density at radius 3 is 2.57 bits per heavy atom. The van der Waals surface area contributed by atoms with Crippen molar-refractivity contribution >= 4 is 16.9 Å². The van der Waals surface area contributed by atoms with Gasteiger partial charge in [-0.3, -0.25) is 4.98 Å². The molecule has 0 saturated heterocycles. The van der Waals surface area contributed by atoms with Crippen molar-refractivity contribution in [3.05, 3.63) is 101 Å².